The van der Waals surface area contributed by atoms with Gasteiger partial charge in [0.25, 0.3) is 4.38 Å². The molecule has 0 amide bonds. The van der Waals surface area contributed by atoms with Gasteiger partial charge in [-0.3, -0.25) is 0 Å². The zero-order valence-corrected chi connectivity index (χ0v) is 7.36. The average Bonchev–Trinajstić information content (AvgIpc) is 2.15. The summed E-state index contributed by atoms with van der Waals surface area (Å²) < 4.78 is 4.06. The fraction of sp³-hybridized carbons (Fsp3) is 0.800. The molecular formula is C5H8ClNS2. The molecule has 52 valence electrons. The van der Waals surface area contributed by atoms with E-state index in [2.05, 4.69) is 4.58 Å². The molecule has 0 unspecified atom stereocenters. The van der Waals surface area contributed by atoms with Crippen LogP contribution in [0.2, 0.25) is 0 Å². The van der Waals surface area contributed by atoms with Crippen LogP contribution in [0.3, 0.4) is 0 Å². The van der Waals surface area contributed by atoms with Crippen molar-refractivity contribution in [3.05, 3.63) is 0 Å². The van der Waals surface area contributed by atoms with E-state index in [1.54, 1.807) is 4.38 Å². The molecule has 0 saturated heterocycles. The lowest BCUT2D eigenvalue weighted by Crippen LogP contribution is -3.00. The van der Waals surface area contributed by atoms with Crippen molar-refractivity contribution in [1.29, 1.82) is 0 Å². The molecule has 0 bridgehead atoms. The molecule has 0 fully saturated rings. The number of nitrogens with zero attached hydrogens (tertiary/aromatic N) is 1. The highest BCUT2D eigenvalue weighted by molar-refractivity contribution is 8.38. The maximum atomic E-state index is 2.48. The third-order valence-electron chi connectivity index (χ3n) is 1.43. The molecule has 4 heteroatoms. The molecule has 0 aromatic carbocycles. The highest BCUT2D eigenvalue weighted by atomic mass is 35.5. The number of hydrogen-bond acceptors (Lipinski definition) is 2. The molecule has 0 spiro atoms. The molecular weight excluding hydrogens is 174 g/mol. The fourth-order valence-electron chi connectivity index (χ4n) is 1.00. The van der Waals surface area contributed by atoms with Crippen LogP contribution in [0.4, 0.5) is 0 Å². The van der Waals surface area contributed by atoms with Crippen molar-refractivity contribution >= 4 is 27.9 Å². The SMILES string of the molecule is C1C[N+]2=C(S1)SCC2.[Cl-]. The van der Waals surface area contributed by atoms with E-state index in [1.165, 1.54) is 24.6 Å². The van der Waals surface area contributed by atoms with Gasteiger partial charge in [0.1, 0.15) is 0 Å². The van der Waals surface area contributed by atoms with Gasteiger partial charge in [0.15, 0.2) is 13.1 Å². The van der Waals surface area contributed by atoms with Gasteiger partial charge in [-0.05, 0) is 23.5 Å². The van der Waals surface area contributed by atoms with E-state index in [0.29, 0.717) is 0 Å². The topological polar surface area (TPSA) is 3.01 Å². The van der Waals surface area contributed by atoms with Crippen molar-refractivity contribution in [2.45, 2.75) is 0 Å². The summed E-state index contributed by atoms with van der Waals surface area (Å²) in [6, 6.07) is 0. The standard InChI is InChI=1S/C5H8NS2.ClH/c1-3-7-5-6(1)2-4-8-5;/h1-4H2;1H/q+1;/p-1. The number of hydrogen-bond donors (Lipinski definition) is 0. The van der Waals surface area contributed by atoms with E-state index in [4.69, 9.17) is 0 Å². The lowest BCUT2D eigenvalue weighted by molar-refractivity contribution is -0.507. The summed E-state index contributed by atoms with van der Waals surface area (Å²) in [5.74, 6) is 2.64. The Hall–Kier alpha value is 0.660. The van der Waals surface area contributed by atoms with E-state index in [-0.39, 0.29) is 12.4 Å². The smallest absolute Gasteiger partial charge is 0.270 e. The number of thioether (sulfide) groups is 2. The maximum absolute atomic E-state index is 2.48. The van der Waals surface area contributed by atoms with Gasteiger partial charge in [0, 0.05) is 0 Å². The summed E-state index contributed by atoms with van der Waals surface area (Å²) in [4.78, 5) is 0. The Morgan fingerprint density at radius 3 is 2.11 bits per heavy atom. The summed E-state index contributed by atoms with van der Waals surface area (Å²) >= 11 is 4.04. The van der Waals surface area contributed by atoms with Crippen LogP contribution in [0.25, 0.3) is 0 Å². The van der Waals surface area contributed by atoms with E-state index in [0.717, 1.165) is 0 Å². The monoisotopic (exact) mass is 181 g/mol. The number of rotatable bonds is 0. The van der Waals surface area contributed by atoms with Crippen molar-refractivity contribution < 1.29 is 17.0 Å². The quantitative estimate of drug-likeness (QED) is 0.393. The van der Waals surface area contributed by atoms with Crippen LogP contribution in [0.15, 0.2) is 0 Å². The van der Waals surface area contributed by atoms with Crippen LogP contribution >= 0.6 is 23.5 Å². The van der Waals surface area contributed by atoms with Gasteiger partial charge < -0.3 is 12.4 Å². The van der Waals surface area contributed by atoms with Crippen molar-refractivity contribution in [2.24, 2.45) is 0 Å². The van der Waals surface area contributed by atoms with Gasteiger partial charge in [0.05, 0.1) is 11.5 Å². The molecule has 0 aromatic heterocycles. The Labute approximate surface area is 69.7 Å². The zero-order chi connectivity index (χ0) is 5.40. The van der Waals surface area contributed by atoms with Crippen LogP contribution in [-0.4, -0.2) is 33.5 Å². The minimum absolute atomic E-state index is 0. The second-order valence-corrected chi connectivity index (χ2v) is 4.38. The van der Waals surface area contributed by atoms with Gasteiger partial charge in [-0.25, -0.2) is 4.58 Å². The first-order chi connectivity index (χ1) is 3.97. The molecule has 0 N–H and O–H groups in total. The van der Waals surface area contributed by atoms with Gasteiger partial charge in [0.2, 0.25) is 0 Å². The Kier molecular flexibility index (Phi) is 2.73. The molecule has 0 aromatic rings. The second-order valence-electron chi connectivity index (χ2n) is 1.95. The van der Waals surface area contributed by atoms with Crippen LogP contribution in [0.5, 0.6) is 0 Å². The third kappa shape index (κ3) is 1.38. The maximum Gasteiger partial charge on any atom is 0.270 e. The lowest BCUT2D eigenvalue weighted by atomic mass is 10.6. The van der Waals surface area contributed by atoms with Crippen molar-refractivity contribution in [2.75, 3.05) is 24.6 Å². The minimum Gasteiger partial charge on any atom is -1.00 e. The lowest BCUT2D eigenvalue weighted by Gasteiger charge is -1.83. The van der Waals surface area contributed by atoms with E-state index in [1.807, 2.05) is 23.5 Å². The second kappa shape index (κ2) is 3.17. The fourth-order valence-corrected chi connectivity index (χ4v) is 3.54. The molecule has 0 aliphatic carbocycles. The molecule has 9 heavy (non-hydrogen) atoms. The van der Waals surface area contributed by atoms with Crippen LogP contribution in [-0.2, 0) is 0 Å². The predicted octanol–water partition coefficient (Wildman–Crippen LogP) is -2.15. The summed E-state index contributed by atoms with van der Waals surface area (Å²) in [6.45, 7) is 2.60. The molecule has 0 saturated carbocycles. The largest absolute Gasteiger partial charge is 1.00 e. The summed E-state index contributed by atoms with van der Waals surface area (Å²) in [7, 11) is 0. The van der Waals surface area contributed by atoms with E-state index < -0.39 is 0 Å². The summed E-state index contributed by atoms with van der Waals surface area (Å²) in [5.41, 5.74) is 0. The van der Waals surface area contributed by atoms with Gasteiger partial charge in [-0.2, -0.15) is 0 Å². The predicted molar refractivity (Wildman–Crippen MR) is 39.9 cm³/mol. The van der Waals surface area contributed by atoms with Crippen LogP contribution in [0.1, 0.15) is 0 Å². The first kappa shape index (κ1) is 7.76. The molecule has 2 aliphatic rings. The molecule has 1 nitrogen and oxygen atoms in total. The van der Waals surface area contributed by atoms with Gasteiger partial charge >= 0.3 is 0 Å². The Balaban J connectivity index is 0.000000405. The van der Waals surface area contributed by atoms with Gasteiger partial charge in [-0.15, -0.1) is 0 Å². The van der Waals surface area contributed by atoms with Crippen LogP contribution < -0.4 is 12.4 Å². The minimum atomic E-state index is 0. The highest BCUT2D eigenvalue weighted by Gasteiger charge is 2.28. The summed E-state index contributed by atoms with van der Waals surface area (Å²) in [6.07, 6.45) is 0. The third-order valence-corrected chi connectivity index (χ3v) is 3.92. The van der Waals surface area contributed by atoms with E-state index in [9.17, 15) is 0 Å². The molecule has 2 rings (SSSR count). The highest BCUT2D eigenvalue weighted by Crippen LogP contribution is 2.26. The van der Waals surface area contributed by atoms with Crippen molar-refractivity contribution in [1.82, 2.24) is 0 Å². The zero-order valence-electron chi connectivity index (χ0n) is 4.97. The average molecular weight is 182 g/mol. The van der Waals surface area contributed by atoms with Crippen LogP contribution in [0, 0.1) is 0 Å². The van der Waals surface area contributed by atoms with Gasteiger partial charge in [-0.1, -0.05) is 0 Å². The first-order valence-electron chi connectivity index (χ1n) is 2.84. The number of halogens is 1. The van der Waals surface area contributed by atoms with E-state index >= 15 is 0 Å². The normalized spacial score (nSPS) is 24.0. The summed E-state index contributed by atoms with van der Waals surface area (Å²) in [5, 5.41) is 0. The van der Waals surface area contributed by atoms with Crippen molar-refractivity contribution in [3.63, 3.8) is 0 Å². The Morgan fingerprint density at radius 1 is 1.11 bits per heavy atom. The Morgan fingerprint density at radius 2 is 1.67 bits per heavy atom. The molecule has 0 atom stereocenters. The molecule has 0 radical (unpaired) electrons. The van der Waals surface area contributed by atoms with Crippen molar-refractivity contribution in [3.8, 4) is 0 Å². The Bertz CT molecular complexity index is 118. The first-order valence-corrected chi connectivity index (χ1v) is 4.81. The molecule has 2 aliphatic heterocycles. The molecule has 2 heterocycles.